The normalized spacial score (nSPS) is 10.5. The Balaban J connectivity index is 0.00000288. The van der Waals surface area contributed by atoms with Crippen LogP contribution < -0.4 is 5.32 Å². The van der Waals surface area contributed by atoms with Gasteiger partial charge < -0.3 is 10.1 Å². The average Bonchev–Trinajstić information content (AvgIpc) is 2.54. The molecule has 128 valence electrons. The van der Waals surface area contributed by atoms with E-state index in [-0.39, 0.29) is 30.5 Å². The van der Waals surface area contributed by atoms with E-state index in [9.17, 15) is 14.0 Å². The molecule has 1 N–H and O–H groups in total. The van der Waals surface area contributed by atoms with Crippen LogP contribution in [-0.4, -0.2) is 29.0 Å². The first-order valence-electron chi connectivity index (χ1n) is 7.03. The van der Waals surface area contributed by atoms with Gasteiger partial charge in [-0.05, 0) is 50.2 Å². The number of pyridine rings is 1. The number of rotatable bonds is 5. The van der Waals surface area contributed by atoms with Crippen molar-refractivity contribution in [2.45, 2.75) is 19.4 Å². The highest BCUT2D eigenvalue weighted by molar-refractivity contribution is 5.94. The molecule has 0 saturated heterocycles. The van der Waals surface area contributed by atoms with Crippen LogP contribution in [0, 0.1) is 5.82 Å². The first-order chi connectivity index (χ1) is 10.9. The molecule has 0 spiro atoms. The fourth-order valence-electron chi connectivity index (χ4n) is 1.83. The van der Waals surface area contributed by atoms with Gasteiger partial charge in [0.25, 0.3) is 5.91 Å². The molecule has 5 nitrogen and oxygen atoms in total. The van der Waals surface area contributed by atoms with Crippen molar-refractivity contribution in [3.8, 4) is 0 Å². The molecule has 1 heterocycles. The molecule has 0 bridgehead atoms. The van der Waals surface area contributed by atoms with Gasteiger partial charge in [-0.3, -0.25) is 9.78 Å². The highest BCUT2D eigenvalue weighted by Gasteiger charge is 2.23. The van der Waals surface area contributed by atoms with Crippen LogP contribution >= 0.6 is 12.4 Å². The number of amides is 1. The van der Waals surface area contributed by atoms with Gasteiger partial charge >= 0.3 is 5.97 Å². The van der Waals surface area contributed by atoms with E-state index in [4.69, 9.17) is 4.74 Å². The molecule has 0 aliphatic carbocycles. The Labute approximate surface area is 145 Å². The molecule has 0 aliphatic heterocycles. The highest BCUT2D eigenvalue weighted by Crippen LogP contribution is 2.09. The summed E-state index contributed by atoms with van der Waals surface area (Å²) in [6.45, 7) is 3.47. The summed E-state index contributed by atoms with van der Waals surface area (Å²) in [4.78, 5) is 27.8. The zero-order valence-corrected chi connectivity index (χ0v) is 14.1. The van der Waals surface area contributed by atoms with Crippen LogP contribution in [0.3, 0.4) is 0 Å². The molecule has 1 aromatic heterocycles. The molecule has 1 amide bonds. The molecule has 2 aromatic rings. The van der Waals surface area contributed by atoms with E-state index in [1.807, 2.05) is 0 Å². The molecule has 7 heteroatoms. The average molecular weight is 353 g/mol. The Kier molecular flexibility index (Phi) is 6.85. The number of hydrogen-bond donors (Lipinski definition) is 1. The van der Waals surface area contributed by atoms with Crippen LogP contribution in [-0.2, 0) is 4.74 Å². The molecule has 0 saturated carbocycles. The number of benzene rings is 1. The van der Waals surface area contributed by atoms with Gasteiger partial charge in [0.2, 0.25) is 0 Å². The second-order valence-electron chi connectivity index (χ2n) is 5.66. The number of esters is 1. The number of carbonyl (C=O) groups is 2. The third-order valence-corrected chi connectivity index (χ3v) is 3.04. The molecule has 24 heavy (non-hydrogen) atoms. The Bertz CT molecular complexity index is 691. The Morgan fingerprint density at radius 1 is 1.08 bits per heavy atom. The smallest absolute Gasteiger partial charge is 0.338 e. The standard InChI is InChI=1S/C17H17FN2O3.ClH/c1-17(2,20-15(21)12-7-9-19-10-8-12)11-23-16(22)13-3-5-14(18)6-4-13;/h3-10H,11H2,1-2H3,(H,20,21);1H. The van der Waals surface area contributed by atoms with Gasteiger partial charge in [0.1, 0.15) is 12.4 Å². The van der Waals surface area contributed by atoms with Crippen LogP contribution in [0.2, 0.25) is 0 Å². The third kappa shape index (κ3) is 5.62. The second-order valence-corrected chi connectivity index (χ2v) is 5.66. The number of aromatic nitrogens is 1. The minimum Gasteiger partial charge on any atom is -0.460 e. The Hall–Kier alpha value is -2.47. The molecular formula is C17H18ClFN2O3. The number of halogens is 2. The van der Waals surface area contributed by atoms with Crippen LogP contribution in [0.5, 0.6) is 0 Å². The van der Waals surface area contributed by atoms with Crippen molar-refractivity contribution < 1.29 is 18.7 Å². The molecule has 0 fully saturated rings. The van der Waals surface area contributed by atoms with Crippen LogP contribution in [0.1, 0.15) is 34.6 Å². The Morgan fingerprint density at radius 3 is 2.25 bits per heavy atom. The second kappa shape index (κ2) is 8.40. The molecule has 0 unspecified atom stereocenters. The van der Waals surface area contributed by atoms with Crippen molar-refractivity contribution in [1.29, 1.82) is 0 Å². The Morgan fingerprint density at radius 2 is 1.67 bits per heavy atom. The van der Waals surface area contributed by atoms with Crippen molar-refractivity contribution in [3.63, 3.8) is 0 Å². The number of carbonyl (C=O) groups excluding carboxylic acids is 2. The lowest BCUT2D eigenvalue weighted by Gasteiger charge is -2.25. The summed E-state index contributed by atoms with van der Waals surface area (Å²) < 4.78 is 18.0. The lowest BCUT2D eigenvalue weighted by atomic mass is 10.1. The fourth-order valence-corrected chi connectivity index (χ4v) is 1.83. The molecule has 0 atom stereocenters. The van der Waals surface area contributed by atoms with E-state index in [1.165, 1.54) is 36.7 Å². The van der Waals surface area contributed by atoms with E-state index < -0.39 is 17.3 Å². The highest BCUT2D eigenvalue weighted by atomic mass is 35.5. The maximum Gasteiger partial charge on any atom is 0.338 e. The van der Waals surface area contributed by atoms with Gasteiger partial charge in [-0.25, -0.2) is 9.18 Å². The lowest BCUT2D eigenvalue weighted by Crippen LogP contribution is -2.47. The molecular weight excluding hydrogens is 335 g/mol. The summed E-state index contributed by atoms with van der Waals surface area (Å²) in [5.41, 5.74) is -0.0312. The van der Waals surface area contributed by atoms with Crippen molar-refractivity contribution in [2.24, 2.45) is 0 Å². The summed E-state index contributed by atoms with van der Waals surface area (Å²) in [6.07, 6.45) is 3.05. The zero-order valence-electron chi connectivity index (χ0n) is 13.3. The largest absolute Gasteiger partial charge is 0.460 e. The summed E-state index contributed by atoms with van der Waals surface area (Å²) in [5, 5.41) is 2.78. The van der Waals surface area contributed by atoms with Gasteiger partial charge in [-0.15, -0.1) is 12.4 Å². The minimum atomic E-state index is -0.754. The molecule has 0 aliphatic rings. The van der Waals surface area contributed by atoms with Crippen molar-refractivity contribution in [3.05, 3.63) is 65.7 Å². The number of nitrogens with one attached hydrogen (secondary N) is 1. The van der Waals surface area contributed by atoms with E-state index >= 15 is 0 Å². The first-order valence-corrected chi connectivity index (χ1v) is 7.03. The molecule has 2 rings (SSSR count). The third-order valence-electron chi connectivity index (χ3n) is 3.04. The lowest BCUT2D eigenvalue weighted by molar-refractivity contribution is 0.0390. The monoisotopic (exact) mass is 352 g/mol. The topological polar surface area (TPSA) is 68.3 Å². The minimum absolute atomic E-state index is 0. The predicted octanol–water partition coefficient (Wildman–Crippen LogP) is 3.01. The van der Waals surface area contributed by atoms with E-state index in [2.05, 4.69) is 10.3 Å². The quantitative estimate of drug-likeness (QED) is 0.840. The van der Waals surface area contributed by atoms with Gasteiger partial charge in [0.15, 0.2) is 0 Å². The number of hydrogen-bond acceptors (Lipinski definition) is 4. The summed E-state index contributed by atoms with van der Waals surface area (Å²) in [7, 11) is 0. The van der Waals surface area contributed by atoms with Crippen molar-refractivity contribution in [2.75, 3.05) is 6.61 Å². The van der Waals surface area contributed by atoms with E-state index in [0.717, 1.165) is 0 Å². The van der Waals surface area contributed by atoms with Crippen LogP contribution in [0.25, 0.3) is 0 Å². The van der Waals surface area contributed by atoms with Crippen LogP contribution in [0.4, 0.5) is 4.39 Å². The van der Waals surface area contributed by atoms with Gasteiger partial charge in [-0.1, -0.05) is 0 Å². The SMILES string of the molecule is CC(C)(COC(=O)c1ccc(F)cc1)NC(=O)c1ccncc1.Cl. The predicted molar refractivity (Wildman–Crippen MR) is 89.7 cm³/mol. The molecule has 0 radical (unpaired) electrons. The van der Waals surface area contributed by atoms with Gasteiger partial charge in [-0.2, -0.15) is 0 Å². The van der Waals surface area contributed by atoms with E-state index in [0.29, 0.717) is 5.56 Å². The summed E-state index contributed by atoms with van der Waals surface area (Å²) >= 11 is 0. The van der Waals surface area contributed by atoms with Gasteiger partial charge in [0.05, 0.1) is 11.1 Å². The van der Waals surface area contributed by atoms with Crippen LogP contribution in [0.15, 0.2) is 48.8 Å². The molecule has 1 aromatic carbocycles. The summed E-state index contributed by atoms with van der Waals surface area (Å²) in [5.74, 6) is -1.28. The van der Waals surface area contributed by atoms with Crippen molar-refractivity contribution >= 4 is 24.3 Å². The summed E-state index contributed by atoms with van der Waals surface area (Å²) in [6, 6.07) is 8.26. The fraction of sp³-hybridized carbons (Fsp3) is 0.235. The number of ether oxygens (including phenoxy) is 1. The van der Waals surface area contributed by atoms with Crippen molar-refractivity contribution in [1.82, 2.24) is 10.3 Å². The van der Waals surface area contributed by atoms with Gasteiger partial charge in [0, 0.05) is 18.0 Å². The number of nitrogens with zero attached hydrogens (tertiary/aromatic N) is 1. The van der Waals surface area contributed by atoms with E-state index in [1.54, 1.807) is 26.0 Å². The maximum atomic E-state index is 12.8. The first kappa shape index (κ1) is 19.6. The zero-order chi connectivity index (χ0) is 16.9. The maximum absolute atomic E-state index is 12.8.